The van der Waals surface area contributed by atoms with Gasteiger partial charge in [-0.25, -0.2) is 0 Å². The van der Waals surface area contributed by atoms with Gasteiger partial charge in [0.1, 0.15) is 11.6 Å². The van der Waals surface area contributed by atoms with Gasteiger partial charge >= 0.3 is 0 Å². The molecule has 1 atom stereocenters. The van der Waals surface area contributed by atoms with E-state index in [9.17, 15) is 10.1 Å². The van der Waals surface area contributed by atoms with Gasteiger partial charge in [-0.1, -0.05) is 13.8 Å². The lowest BCUT2D eigenvalue weighted by molar-refractivity contribution is -0.117. The number of hydrogen-bond donors (Lipinski definition) is 2. The van der Waals surface area contributed by atoms with Crippen LogP contribution in [0.4, 0.5) is 0 Å². The third kappa shape index (κ3) is 5.26. The molecule has 1 amide bonds. The molecule has 0 saturated carbocycles. The summed E-state index contributed by atoms with van der Waals surface area (Å²) >= 11 is 0. The molecule has 23 heavy (non-hydrogen) atoms. The van der Waals surface area contributed by atoms with E-state index in [-0.39, 0.29) is 18.2 Å². The van der Waals surface area contributed by atoms with Crippen molar-refractivity contribution in [2.45, 2.75) is 53.6 Å². The Hall–Kier alpha value is -2.06. The van der Waals surface area contributed by atoms with Crippen molar-refractivity contribution in [2.24, 2.45) is 5.92 Å². The SMILES string of the molecule is Cc1cc(/C=C(/C#N)C(=O)NC(C)CO)c(C)n1CCC(C)C. The molecular weight excluding hydrogens is 290 g/mol. The fourth-order valence-corrected chi connectivity index (χ4v) is 2.36. The lowest BCUT2D eigenvalue weighted by Crippen LogP contribution is -2.35. The van der Waals surface area contributed by atoms with Crippen LogP contribution >= 0.6 is 0 Å². The Labute approximate surface area is 138 Å². The van der Waals surface area contributed by atoms with E-state index in [2.05, 4.69) is 23.7 Å². The Morgan fingerprint density at radius 1 is 1.43 bits per heavy atom. The summed E-state index contributed by atoms with van der Waals surface area (Å²) in [4.78, 5) is 12.0. The van der Waals surface area contributed by atoms with Gasteiger partial charge < -0.3 is 15.0 Å². The minimum atomic E-state index is -0.457. The highest BCUT2D eigenvalue weighted by atomic mass is 16.3. The van der Waals surface area contributed by atoms with Crippen molar-refractivity contribution in [3.05, 3.63) is 28.6 Å². The molecule has 5 nitrogen and oxygen atoms in total. The van der Waals surface area contributed by atoms with Crippen LogP contribution in [0.1, 0.15) is 44.1 Å². The van der Waals surface area contributed by atoms with Gasteiger partial charge in [-0.05, 0) is 50.8 Å². The maximum Gasteiger partial charge on any atom is 0.262 e. The molecular formula is C18H27N3O2. The van der Waals surface area contributed by atoms with Crippen LogP contribution in [0, 0.1) is 31.1 Å². The molecule has 5 heteroatoms. The number of aryl methyl sites for hydroxylation is 1. The molecule has 2 N–H and O–H groups in total. The average molecular weight is 317 g/mol. The summed E-state index contributed by atoms with van der Waals surface area (Å²) in [5.41, 5.74) is 3.11. The van der Waals surface area contributed by atoms with Crippen molar-refractivity contribution >= 4 is 12.0 Å². The largest absolute Gasteiger partial charge is 0.394 e. The number of aliphatic hydroxyl groups excluding tert-OH is 1. The monoisotopic (exact) mass is 317 g/mol. The number of nitrogens with zero attached hydrogens (tertiary/aromatic N) is 2. The fraction of sp³-hybridized carbons (Fsp3) is 0.556. The number of carbonyl (C=O) groups is 1. The van der Waals surface area contributed by atoms with Crippen molar-refractivity contribution in [3.8, 4) is 6.07 Å². The van der Waals surface area contributed by atoms with Crippen LogP contribution in [-0.2, 0) is 11.3 Å². The topological polar surface area (TPSA) is 78.1 Å². The quantitative estimate of drug-likeness (QED) is 0.599. The van der Waals surface area contributed by atoms with Gasteiger partial charge in [0, 0.05) is 24.0 Å². The molecule has 126 valence electrons. The molecule has 1 aromatic heterocycles. The van der Waals surface area contributed by atoms with Crippen molar-refractivity contribution in [2.75, 3.05) is 6.61 Å². The third-order valence-electron chi connectivity index (χ3n) is 3.86. The maximum atomic E-state index is 12.0. The fourth-order valence-electron chi connectivity index (χ4n) is 2.36. The second kappa shape index (κ2) is 8.54. The van der Waals surface area contributed by atoms with Crippen LogP contribution in [0.3, 0.4) is 0 Å². The number of nitrogens with one attached hydrogen (secondary N) is 1. The van der Waals surface area contributed by atoms with Crippen LogP contribution in [0.15, 0.2) is 11.6 Å². The number of hydrogen-bond acceptors (Lipinski definition) is 3. The van der Waals surface area contributed by atoms with E-state index in [1.54, 1.807) is 13.0 Å². The molecule has 0 aliphatic heterocycles. The molecule has 0 aliphatic carbocycles. The Balaban J connectivity index is 3.03. The second-order valence-electron chi connectivity index (χ2n) is 6.39. The van der Waals surface area contributed by atoms with E-state index >= 15 is 0 Å². The minimum absolute atomic E-state index is 0.0504. The van der Waals surface area contributed by atoms with Crippen LogP contribution in [0.5, 0.6) is 0 Å². The first-order chi connectivity index (χ1) is 10.8. The minimum Gasteiger partial charge on any atom is -0.394 e. The van der Waals surface area contributed by atoms with Crippen molar-refractivity contribution in [1.82, 2.24) is 9.88 Å². The predicted octanol–water partition coefficient (Wildman–Crippen LogP) is 2.56. The summed E-state index contributed by atoms with van der Waals surface area (Å²) in [6.07, 6.45) is 2.70. The molecule has 1 unspecified atom stereocenters. The highest BCUT2D eigenvalue weighted by molar-refractivity contribution is 6.01. The highest BCUT2D eigenvalue weighted by Crippen LogP contribution is 2.19. The molecule has 1 rings (SSSR count). The van der Waals surface area contributed by atoms with Gasteiger partial charge in [0.05, 0.1) is 6.61 Å². The molecule has 0 spiro atoms. The Morgan fingerprint density at radius 3 is 2.61 bits per heavy atom. The summed E-state index contributed by atoms with van der Waals surface area (Å²) in [5.74, 6) is 0.164. The van der Waals surface area contributed by atoms with Crippen LogP contribution in [0.2, 0.25) is 0 Å². The van der Waals surface area contributed by atoms with E-state index in [4.69, 9.17) is 5.11 Å². The van der Waals surface area contributed by atoms with Crippen LogP contribution < -0.4 is 5.32 Å². The second-order valence-corrected chi connectivity index (χ2v) is 6.39. The number of rotatable bonds is 7. The van der Waals surface area contributed by atoms with Crippen LogP contribution in [0.25, 0.3) is 6.08 Å². The smallest absolute Gasteiger partial charge is 0.262 e. The number of carbonyl (C=O) groups excluding carboxylic acids is 1. The van der Waals surface area contributed by atoms with Crippen LogP contribution in [-0.4, -0.2) is 28.2 Å². The van der Waals surface area contributed by atoms with Gasteiger partial charge in [-0.15, -0.1) is 0 Å². The molecule has 0 bridgehead atoms. The Kier molecular flexibility index (Phi) is 7.05. The van der Waals surface area contributed by atoms with Gasteiger partial charge in [0.15, 0.2) is 0 Å². The van der Waals surface area contributed by atoms with E-state index < -0.39 is 5.91 Å². The Bertz CT molecular complexity index is 621. The van der Waals surface area contributed by atoms with E-state index in [1.807, 2.05) is 26.0 Å². The number of nitriles is 1. The molecule has 0 fully saturated rings. The normalized spacial score (nSPS) is 13.0. The lowest BCUT2D eigenvalue weighted by Gasteiger charge is -2.11. The average Bonchev–Trinajstić information content (AvgIpc) is 2.76. The number of aliphatic hydroxyl groups is 1. The van der Waals surface area contributed by atoms with Gasteiger partial charge in [0.2, 0.25) is 0 Å². The molecule has 0 aromatic carbocycles. The zero-order valence-corrected chi connectivity index (χ0v) is 14.7. The first kappa shape index (κ1) is 19.0. The van der Waals surface area contributed by atoms with Crippen molar-refractivity contribution in [3.63, 3.8) is 0 Å². The zero-order valence-electron chi connectivity index (χ0n) is 14.7. The molecule has 0 aliphatic rings. The first-order valence-corrected chi connectivity index (χ1v) is 8.00. The standard InChI is InChI=1S/C18H27N3O2/c1-12(2)6-7-21-14(4)8-16(15(21)5)9-17(10-19)18(23)20-13(3)11-22/h8-9,12-13,22H,6-7,11H2,1-5H3,(H,20,23)/b17-9-. The number of aromatic nitrogens is 1. The van der Waals surface area contributed by atoms with E-state index in [1.165, 1.54) is 0 Å². The van der Waals surface area contributed by atoms with Crippen molar-refractivity contribution < 1.29 is 9.90 Å². The summed E-state index contributed by atoms with van der Waals surface area (Å²) < 4.78 is 2.22. The zero-order chi connectivity index (χ0) is 17.6. The first-order valence-electron chi connectivity index (χ1n) is 8.00. The van der Waals surface area contributed by atoms with E-state index in [0.29, 0.717) is 5.92 Å². The third-order valence-corrected chi connectivity index (χ3v) is 3.86. The van der Waals surface area contributed by atoms with Gasteiger partial charge in [0.25, 0.3) is 5.91 Å². The number of amides is 1. The summed E-state index contributed by atoms with van der Waals surface area (Å²) in [6.45, 7) is 10.9. The predicted molar refractivity (Wildman–Crippen MR) is 91.6 cm³/mol. The summed E-state index contributed by atoms with van der Waals surface area (Å²) in [6, 6.07) is 3.56. The van der Waals surface area contributed by atoms with Crippen molar-refractivity contribution in [1.29, 1.82) is 5.26 Å². The summed E-state index contributed by atoms with van der Waals surface area (Å²) in [7, 11) is 0. The maximum absolute atomic E-state index is 12.0. The molecule has 0 radical (unpaired) electrons. The van der Waals surface area contributed by atoms with Gasteiger partial charge in [-0.3, -0.25) is 4.79 Å². The summed E-state index contributed by atoms with van der Waals surface area (Å²) in [5, 5.41) is 20.8. The Morgan fingerprint density at radius 2 is 2.09 bits per heavy atom. The lowest BCUT2D eigenvalue weighted by atomic mass is 10.1. The highest BCUT2D eigenvalue weighted by Gasteiger charge is 2.14. The van der Waals surface area contributed by atoms with Gasteiger partial charge in [-0.2, -0.15) is 5.26 Å². The molecule has 0 saturated heterocycles. The molecule has 1 aromatic rings. The molecule has 1 heterocycles. The van der Waals surface area contributed by atoms with E-state index in [0.717, 1.165) is 29.9 Å².